The number of carbonyl (C=O) groups excluding carboxylic acids is 1. The van der Waals surface area contributed by atoms with Gasteiger partial charge >= 0.3 is 0 Å². The smallest absolute Gasteiger partial charge is 0.221 e. The van der Waals surface area contributed by atoms with Crippen LogP contribution in [0.2, 0.25) is 0 Å². The summed E-state index contributed by atoms with van der Waals surface area (Å²) < 4.78 is 5.07. The number of benzene rings is 1. The highest BCUT2D eigenvalue weighted by Crippen LogP contribution is 2.14. The molecule has 1 amide bonds. The predicted octanol–water partition coefficient (Wildman–Crippen LogP) is 2.27. The predicted molar refractivity (Wildman–Crippen MR) is 73.9 cm³/mol. The van der Waals surface area contributed by atoms with Crippen LogP contribution in [0.25, 0.3) is 0 Å². The number of hydrogen-bond donors (Lipinski definition) is 2. The fraction of sp³-hybridized carbons (Fsp3) is 0.500. The summed E-state index contributed by atoms with van der Waals surface area (Å²) in [5.74, 6) is 1.41. The molecule has 1 rings (SSSR count). The van der Waals surface area contributed by atoms with E-state index in [4.69, 9.17) is 4.74 Å². The number of amides is 1. The molecule has 0 heterocycles. The van der Waals surface area contributed by atoms with Crippen LogP contribution in [0.1, 0.15) is 20.3 Å². The van der Waals surface area contributed by atoms with Crippen molar-refractivity contribution in [1.29, 1.82) is 0 Å². The molecule has 100 valence electrons. The van der Waals surface area contributed by atoms with Crippen LogP contribution < -0.4 is 15.4 Å². The number of hydrogen-bond acceptors (Lipinski definition) is 3. The molecule has 1 aromatic rings. The van der Waals surface area contributed by atoms with Crippen LogP contribution in [0.15, 0.2) is 24.3 Å². The third-order valence-corrected chi connectivity index (χ3v) is 2.48. The van der Waals surface area contributed by atoms with Crippen molar-refractivity contribution in [2.24, 2.45) is 5.92 Å². The van der Waals surface area contributed by atoms with Crippen molar-refractivity contribution < 1.29 is 9.53 Å². The van der Waals surface area contributed by atoms with E-state index < -0.39 is 0 Å². The zero-order chi connectivity index (χ0) is 13.4. The third kappa shape index (κ3) is 5.57. The number of ether oxygens (including phenoxy) is 1. The van der Waals surface area contributed by atoms with Crippen molar-refractivity contribution >= 4 is 11.6 Å². The molecule has 2 N–H and O–H groups in total. The van der Waals surface area contributed by atoms with Gasteiger partial charge in [-0.3, -0.25) is 4.79 Å². The summed E-state index contributed by atoms with van der Waals surface area (Å²) in [4.78, 5) is 11.5. The van der Waals surface area contributed by atoms with Crippen molar-refractivity contribution in [3.05, 3.63) is 24.3 Å². The van der Waals surface area contributed by atoms with Gasteiger partial charge in [0.05, 0.1) is 7.11 Å². The van der Waals surface area contributed by atoms with Crippen LogP contribution in [0, 0.1) is 5.92 Å². The second kappa shape index (κ2) is 7.58. The monoisotopic (exact) mass is 250 g/mol. The molecule has 0 aromatic heterocycles. The van der Waals surface area contributed by atoms with Crippen LogP contribution in [0.5, 0.6) is 5.75 Å². The van der Waals surface area contributed by atoms with Gasteiger partial charge in [0.2, 0.25) is 5.91 Å². The molecule has 0 aliphatic heterocycles. The largest absolute Gasteiger partial charge is 0.497 e. The van der Waals surface area contributed by atoms with Crippen LogP contribution in [0.3, 0.4) is 0 Å². The molecular weight excluding hydrogens is 228 g/mol. The Kier molecular flexibility index (Phi) is 6.05. The van der Waals surface area contributed by atoms with Gasteiger partial charge in [-0.25, -0.2) is 0 Å². The summed E-state index contributed by atoms with van der Waals surface area (Å²) in [7, 11) is 1.64. The van der Waals surface area contributed by atoms with Crippen molar-refractivity contribution in [3.8, 4) is 5.75 Å². The molecule has 0 bridgehead atoms. The van der Waals surface area contributed by atoms with E-state index in [0.29, 0.717) is 18.9 Å². The van der Waals surface area contributed by atoms with Gasteiger partial charge in [0.1, 0.15) is 5.75 Å². The summed E-state index contributed by atoms with van der Waals surface area (Å²) in [6.45, 7) is 5.53. The van der Waals surface area contributed by atoms with Gasteiger partial charge in [0.25, 0.3) is 0 Å². The van der Waals surface area contributed by atoms with Gasteiger partial charge in [0, 0.05) is 25.2 Å². The summed E-state index contributed by atoms with van der Waals surface area (Å²) in [5.41, 5.74) is 0.993. The lowest BCUT2D eigenvalue weighted by molar-refractivity contribution is -0.120. The van der Waals surface area contributed by atoms with E-state index in [-0.39, 0.29) is 5.91 Å². The molecule has 0 radical (unpaired) electrons. The van der Waals surface area contributed by atoms with Crippen molar-refractivity contribution in [3.63, 3.8) is 0 Å². The van der Waals surface area contributed by atoms with Crippen LogP contribution in [-0.2, 0) is 4.79 Å². The summed E-state index contributed by atoms with van der Waals surface area (Å²) in [6.07, 6.45) is 0.485. The van der Waals surface area contributed by atoms with E-state index in [2.05, 4.69) is 24.5 Å². The summed E-state index contributed by atoms with van der Waals surface area (Å²) in [6, 6.07) is 7.65. The molecule has 0 aliphatic rings. The first-order valence-corrected chi connectivity index (χ1v) is 6.26. The van der Waals surface area contributed by atoms with Crippen LogP contribution in [-0.4, -0.2) is 26.1 Å². The molecule has 4 nitrogen and oxygen atoms in total. The second-order valence-corrected chi connectivity index (χ2v) is 4.60. The van der Waals surface area contributed by atoms with E-state index in [0.717, 1.165) is 18.0 Å². The Hall–Kier alpha value is -1.71. The first-order valence-electron chi connectivity index (χ1n) is 6.26. The minimum atomic E-state index is 0.0877. The summed E-state index contributed by atoms with van der Waals surface area (Å²) >= 11 is 0. The molecular formula is C14H22N2O2. The number of nitrogens with one attached hydrogen (secondary N) is 2. The quantitative estimate of drug-likeness (QED) is 0.780. The molecule has 0 atom stereocenters. The third-order valence-electron chi connectivity index (χ3n) is 2.48. The molecule has 0 unspecified atom stereocenters. The van der Waals surface area contributed by atoms with Gasteiger partial charge in [-0.05, 0) is 30.2 Å². The lowest BCUT2D eigenvalue weighted by Gasteiger charge is -2.09. The normalized spacial score (nSPS) is 10.2. The summed E-state index contributed by atoms with van der Waals surface area (Å²) in [5, 5.41) is 6.09. The Morgan fingerprint density at radius 3 is 2.50 bits per heavy atom. The highest BCUT2D eigenvalue weighted by atomic mass is 16.5. The minimum Gasteiger partial charge on any atom is -0.497 e. The van der Waals surface area contributed by atoms with Gasteiger partial charge in [-0.2, -0.15) is 0 Å². The van der Waals surface area contributed by atoms with Gasteiger partial charge in [0.15, 0.2) is 0 Å². The van der Waals surface area contributed by atoms with E-state index >= 15 is 0 Å². The zero-order valence-corrected chi connectivity index (χ0v) is 11.3. The maximum absolute atomic E-state index is 11.5. The number of methoxy groups -OCH3 is 1. The number of rotatable bonds is 7. The Balaban J connectivity index is 2.22. The molecule has 0 aliphatic carbocycles. The topological polar surface area (TPSA) is 50.4 Å². The Labute approximate surface area is 109 Å². The highest BCUT2D eigenvalue weighted by molar-refractivity contribution is 5.76. The average molecular weight is 250 g/mol. The molecule has 1 aromatic carbocycles. The molecule has 4 heteroatoms. The van der Waals surface area contributed by atoms with Crippen molar-refractivity contribution in [1.82, 2.24) is 5.32 Å². The number of carbonyl (C=O) groups is 1. The Morgan fingerprint density at radius 2 is 1.94 bits per heavy atom. The SMILES string of the molecule is COc1ccc(NCCC(=O)NCC(C)C)cc1. The fourth-order valence-electron chi connectivity index (χ4n) is 1.44. The molecule has 0 fully saturated rings. The average Bonchev–Trinajstić information content (AvgIpc) is 2.37. The van der Waals surface area contributed by atoms with Crippen LogP contribution in [0.4, 0.5) is 5.69 Å². The van der Waals surface area contributed by atoms with Crippen molar-refractivity contribution in [2.45, 2.75) is 20.3 Å². The minimum absolute atomic E-state index is 0.0877. The standard InChI is InChI=1S/C14H22N2O2/c1-11(2)10-16-14(17)8-9-15-12-4-6-13(18-3)7-5-12/h4-7,11,15H,8-10H2,1-3H3,(H,16,17). The van der Waals surface area contributed by atoms with Gasteiger partial charge in [-0.15, -0.1) is 0 Å². The van der Waals surface area contributed by atoms with Crippen molar-refractivity contribution in [2.75, 3.05) is 25.5 Å². The second-order valence-electron chi connectivity index (χ2n) is 4.60. The molecule has 18 heavy (non-hydrogen) atoms. The number of anilines is 1. The van der Waals surface area contributed by atoms with E-state index in [9.17, 15) is 4.79 Å². The molecule has 0 saturated carbocycles. The lowest BCUT2D eigenvalue weighted by atomic mass is 10.2. The highest BCUT2D eigenvalue weighted by Gasteiger charge is 2.01. The van der Waals surface area contributed by atoms with Crippen LogP contribution >= 0.6 is 0 Å². The Bertz CT molecular complexity index is 361. The molecule has 0 saturated heterocycles. The Morgan fingerprint density at radius 1 is 1.28 bits per heavy atom. The maximum atomic E-state index is 11.5. The fourth-order valence-corrected chi connectivity index (χ4v) is 1.44. The van der Waals surface area contributed by atoms with E-state index in [1.54, 1.807) is 7.11 Å². The van der Waals surface area contributed by atoms with E-state index in [1.807, 2.05) is 24.3 Å². The van der Waals surface area contributed by atoms with Gasteiger partial charge in [-0.1, -0.05) is 13.8 Å². The maximum Gasteiger partial charge on any atom is 0.221 e. The zero-order valence-electron chi connectivity index (χ0n) is 11.3. The molecule has 0 spiro atoms. The lowest BCUT2D eigenvalue weighted by Crippen LogP contribution is -2.28. The van der Waals surface area contributed by atoms with E-state index in [1.165, 1.54) is 0 Å². The first-order chi connectivity index (χ1) is 8.61. The first kappa shape index (κ1) is 14.4. The van der Waals surface area contributed by atoms with Gasteiger partial charge < -0.3 is 15.4 Å².